The zero-order valence-corrected chi connectivity index (χ0v) is 10.9. The highest BCUT2D eigenvalue weighted by molar-refractivity contribution is 7.89. The lowest BCUT2D eigenvalue weighted by Gasteiger charge is -2.11. The quantitative estimate of drug-likeness (QED) is 0.751. The number of amides is 1. The summed E-state index contributed by atoms with van der Waals surface area (Å²) in [4.78, 5) is 15.7. The van der Waals surface area contributed by atoms with Crippen LogP contribution < -0.4 is 15.2 Å². The van der Waals surface area contributed by atoms with Crippen molar-refractivity contribution in [1.29, 1.82) is 0 Å². The number of carbonyl (C=O) groups excluding carboxylic acids is 1. The van der Waals surface area contributed by atoms with Gasteiger partial charge < -0.3 is 10.1 Å². The monoisotopic (exact) mass is 273 g/mol. The van der Waals surface area contributed by atoms with Crippen molar-refractivity contribution in [3.05, 3.63) is 23.9 Å². The van der Waals surface area contributed by atoms with Crippen molar-refractivity contribution in [2.45, 2.75) is 12.2 Å². The first-order valence-electron chi connectivity index (χ1n) is 5.15. The molecule has 0 aliphatic rings. The topological polar surface area (TPSA) is 111 Å². The zero-order valence-electron chi connectivity index (χ0n) is 10.1. The molecule has 100 valence electrons. The standard InChI is InChI=1S/C10H15N3O4S/c1-7(18(11,15)16)6-13-9(14)8-4-3-5-12-10(8)17-2/h3-5,7H,6H2,1-2H3,(H,13,14)(H2,11,15,16)/t7-/m1/s1. The van der Waals surface area contributed by atoms with Gasteiger partial charge in [-0.05, 0) is 19.1 Å². The van der Waals surface area contributed by atoms with E-state index in [9.17, 15) is 13.2 Å². The number of sulfonamides is 1. The van der Waals surface area contributed by atoms with Gasteiger partial charge in [0.05, 0.1) is 12.4 Å². The van der Waals surface area contributed by atoms with Crippen LogP contribution in [0.4, 0.5) is 0 Å². The number of ether oxygens (including phenoxy) is 1. The van der Waals surface area contributed by atoms with Gasteiger partial charge in [0.15, 0.2) is 0 Å². The predicted molar refractivity (Wildman–Crippen MR) is 65.7 cm³/mol. The predicted octanol–water partition coefficient (Wildman–Crippen LogP) is -0.503. The third-order valence-corrected chi connectivity index (χ3v) is 3.61. The van der Waals surface area contributed by atoms with Crippen LogP contribution in [0.1, 0.15) is 17.3 Å². The molecule has 0 bridgehead atoms. The Bertz CT molecular complexity index is 530. The van der Waals surface area contributed by atoms with E-state index in [1.54, 1.807) is 6.07 Å². The lowest BCUT2D eigenvalue weighted by molar-refractivity contribution is 0.0950. The minimum atomic E-state index is -3.66. The molecule has 3 N–H and O–H groups in total. The third-order valence-electron chi connectivity index (χ3n) is 2.32. The molecule has 1 aromatic heterocycles. The Morgan fingerprint density at radius 2 is 2.28 bits per heavy atom. The smallest absolute Gasteiger partial charge is 0.256 e. The molecule has 1 aromatic rings. The molecule has 0 fully saturated rings. The molecule has 8 heteroatoms. The number of primary sulfonamides is 1. The zero-order chi connectivity index (χ0) is 13.8. The molecule has 0 unspecified atom stereocenters. The van der Waals surface area contributed by atoms with Gasteiger partial charge >= 0.3 is 0 Å². The summed E-state index contributed by atoms with van der Waals surface area (Å²) in [6.45, 7) is 1.34. The summed E-state index contributed by atoms with van der Waals surface area (Å²) in [7, 11) is -2.26. The largest absolute Gasteiger partial charge is 0.480 e. The number of hydrogen-bond donors (Lipinski definition) is 2. The van der Waals surface area contributed by atoms with Crippen molar-refractivity contribution in [2.24, 2.45) is 5.14 Å². The summed E-state index contributed by atoms with van der Waals surface area (Å²) >= 11 is 0. The van der Waals surface area contributed by atoms with Crippen LogP contribution in [0, 0.1) is 0 Å². The number of aromatic nitrogens is 1. The van der Waals surface area contributed by atoms with Crippen LogP contribution in [0.5, 0.6) is 5.88 Å². The van der Waals surface area contributed by atoms with E-state index in [-0.39, 0.29) is 18.0 Å². The van der Waals surface area contributed by atoms with Gasteiger partial charge in [0, 0.05) is 12.7 Å². The van der Waals surface area contributed by atoms with Gasteiger partial charge in [0.1, 0.15) is 5.56 Å². The molecule has 18 heavy (non-hydrogen) atoms. The summed E-state index contributed by atoms with van der Waals surface area (Å²) in [5.41, 5.74) is 0.238. The number of nitrogens with zero attached hydrogens (tertiary/aromatic N) is 1. The van der Waals surface area contributed by atoms with Crippen molar-refractivity contribution in [3.8, 4) is 5.88 Å². The van der Waals surface area contributed by atoms with Gasteiger partial charge in [-0.3, -0.25) is 4.79 Å². The summed E-state index contributed by atoms with van der Waals surface area (Å²) in [5, 5.41) is 6.55. The SMILES string of the molecule is COc1ncccc1C(=O)NC[C@@H](C)S(N)(=O)=O. The van der Waals surface area contributed by atoms with Gasteiger partial charge in [0.25, 0.3) is 5.91 Å². The minimum Gasteiger partial charge on any atom is -0.480 e. The van der Waals surface area contributed by atoms with Gasteiger partial charge in [-0.1, -0.05) is 0 Å². The average Bonchev–Trinajstić information content (AvgIpc) is 2.34. The molecule has 1 amide bonds. The van der Waals surface area contributed by atoms with Crippen molar-refractivity contribution in [2.75, 3.05) is 13.7 Å². The maximum absolute atomic E-state index is 11.8. The van der Waals surface area contributed by atoms with Crippen LogP contribution in [0.25, 0.3) is 0 Å². The molecule has 0 aromatic carbocycles. The molecular formula is C10H15N3O4S. The number of hydrogen-bond acceptors (Lipinski definition) is 5. The maximum atomic E-state index is 11.8. The van der Waals surface area contributed by atoms with Crippen molar-refractivity contribution < 1.29 is 17.9 Å². The molecule has 0 spiro atoms. The van der Waals surface area contributed by atoms with Gasteiger partial charge in [-0.25, -0.2) is 18.5 Å². The van der Waals surface area contributed by atoms with E-state index in [2.05, 4.69) is 10.3 Å². The number of pyridine rings is 1. The van der Waals surface area contributed by atoms with Crippen LogP contribution >= 0.6 is 0 Å². The second kappa shape index (κ2) is 5.78. The Balaban J connectivity index is 2.72. The minimum absolute atomic E-state index is 0.0737. The Labute approximate surface area is 105 Å². The van der Waals surface area contributed by atoms with E-state index in [1.165, 1.54) is 26.3 Å². The van der Waals surface area contributed by atoms with Crippen molar-refractivity contribution in [3.63, 3.8) is 0 Å². The first kappa shape index (κ1) is 14.4. The van der Waals surface area contributed by atoms with Gasteiger partial charge in [-0.2, -0.15) is 0 Å². The first-order valence-corrected chi connectivity index (χ1v) is 6.76. The van der Waals surface area contributed by atoms with Crippen LogP contribution in [0.3, 0.4) is 0 Å². The molecule has 0 saturated heterocycles. The lowest BCUT2D eigenvalue weighted by atomic mass is 10.2. The number of nitrogens with two attached hydrogens (primary N) is 1. The molecule has 0 aliphatic carbocycles. The fourth-order valence-electron chi connectivity index (χ4n) is 1.17. The highest BCUT2D eigenvalue weighted by Crippen LogP contribution is 2.12. The Kier molecular flexibility index (Phi) is 4.62. The van der Waals surface area contributed by atoms with Crippen molar-refractivity contribution >= 4 is 15.9 Å². The molecule has 1 rings (SSSR count). The molecule has 1 heterocycles. The molecule has 0 aliphatic heterocycles. The molecule has 1 atom stereocenters. The second-order valence-electron chi connectivity index (χ2n) is 3.67. The van der Waals surface area contributed by atoms with E-state index in [0.717, 1.165) is 0 Å². The second-order valence-corrected chi connectivity index (χ2v) is 5.65. The number of rotatable bonds is 5. The third kappa shape index (κ3) is 3.67. The fraction of sp³-hybridized carbons (Fsp3) is 0.400. The Morgan fingerprint density at radius 3 is 2.83 bits per heavy atom. The first-order chi connectivity index (χ1) is 8.36. The van der Waals surface area contributed by atoms with E-state index in [0.29, 0.717) is 0 Å². The van der Waals surface area contributed by atoms with Gasteiger partial charge in [-0.15, -0.1) is 0 Å². The van der Waals surface area contributed by atoms with Crippen molar-refractivity contribution in [1.82, 2.24) is 10.3 Å². The normalized spacial score (nSPS) is 12.8. The number of carbonyl (C=O) groups is 1. The van der Waals surface area contributed by atoms with Crippen LogP contribution in [0.2, 0.25) is 0 Å². The molecule has 0 radical (unpaired) electrons. The molecule has 7 nitrogen and oxygen atoms in total. The van der Waals surface area contributed by atoms with Crippen LogP contribution in [0.15, 0.2) is 18.3 Å². The Morgan fingerprint density at radius 1 is 1.61 bits per heavy atom. The van der Waals surface area contributed by atoms with Crippen LogP contribution in [-0.2, 0) is 10.0 Å². The summed E-state index contributed by atoms with van der Waals surface area (Å²) in [6.07, 6.45) is 1.49. The fourth-order valence-corrected chi connectivity index (χ4v) is 1.49. The Hall–Kier alpha value is -1.67. The summed E-state index contributed by atoms with van der Waals surface area (Å²) in [5.74, 6) is -0.284. The lowest BCUT2D eigenvalue weighted by Crippen LogP contribution is -2.38. The highest BCUT2D eigenvalue weighted by Gasteiger charge is 2.18. The highest BCUT2D eigenvalue weighted by atomic mass is 32.2. The average molecular weight is 273 g/mol. The van der Waals surface area contributed by atoms with Gasteiger partial charge in [0.2, 0.25) is 15.9 Å². The maximum Gasteiger partial charge on any atom is 0.256 e. The molecule has 0 saturated carbocycles. The number of methoxy groups -OCH3 is 1. The number of nitrogens with one attached hydrogen (secondary N) is 1. The van der Waals surface area contributed by atoms with E-state index in [4.69, 9.17) is 9.88 Å². The molecular weight excluding hydrogens is 258 g/mol. The van der Waals surface area contributed by atoms with Crippen LogP contribution in [-0.4, -0.2) is 38.2 Å². The summed E-state index contributed by atoms with van der Waals surface area (Å²) < 4.78 is 26.9. The van der Waals surface area contributed by atoms with E-state index >= 15 is 0 Å². The van der Waals surface area contributed by atoms with E-state index in [1.807, 2.05) is 0 Å². The summed E-state index contributed by atoms with van der Waals surface area (Å²) in [6, 6.07) is 3.11. The van der Waals surface area contributed by atoms with E-state index < -0.39 is 21.2 Å².